The number of anilines is 2. The zero-order valence-corrected chi connectivity index (χ0v) is 18.5. The lowest BCUT2D eigenvalue weighted by atomic mass is 10.1. The molecule has 1 N–H and O–H groups in total. The molecule has 4 aromatic rings. The van der Waals surface area contributed by atoms with E-state index in [-0.39, 0.29) is 17.0 Å². The maximum absolute atomic E-state index is 13.0. The lowest BCUT2D eigenvalue weighted by molar-refractivity contribution is 0.0988. The predicted molar refractivity (Wildman–Crippen MR) is 132 cm³/mol. The van der Waals surface area contributed by atoms with E-state index >= 15 is 0 Å². The van der Waals surface area contributed by atoms with Crippen LogP contribution in [0.1, 0.15) is 31.8 Å². The van der Waals surface area contributed by atoms with Crippen molar-refractivity contribution in [1.29, 1.82) is 0 Å². The fourth-order valence-electron chi connectivity index (χ4n) is 4.21. The molecule has 1 aliphatic rings. The lowest BCUT2D eigenvalue weighted by Gasteiger charge is -2.17. The van der Waals surface area contributed by atoms with Crippen LogP contribution in [0.15, 0.2) is 102 Å². The van der Waals surface area contributed by atoms with Crippen LogP contribution in [-0.4, -0.2) is 22.9 Å². The molecule has 1 aliphatic heterocycles. The third kappa shape index (κ3) is 4.26. The third-order valence-corrected chi connectivity index (χ3v) is 5.98. The zero-order valence-electron chi connectivity index (χ0n) is 18.5. The molecular formula is C28H23N3O3. The molecule has 6 nitrogen and oxygen atoms in total. The van der Waals surface area contributed by atoms with Crippen LogP contribution in [0.3, 0.4) is 0 Å². The van der Waals surface area contributed by atoms with Crippen molar-refractivity contribution in [3.63, 3.8) is 0 Å². The second kappa shape index (κ2) is 9.19. The number of pyridine rings is 1. The lowest BCUT2D eigenvalue weighted by Crippen LogP contribution is -2.29. The molecule has 1 aromatic heterocycles. The van der Waals surface area contributed by atoms with Gasteiger partial charge in [-0.3, -0.25) is 14.4 Å². The van der Waals surface area contributed by atoms with Crippen LogP contribution in [0, 0.1) is 0 Å². The Kier molecular flexibility index (Phi) is 5.79. The summed E-state index contributed by atoms with van der Waals surface area (Å²) in [5, 5.41) is 2.76. The molecule has 0 saturated carbocycles. The predicted octanol–water partition coefficient (Wildman–Crippen LogP) is 4.35. The highest BCUT2D eigenvalue weighted by molar-refractivity contribution is 6.08. The van der Waals surface area contributed by atoms with Crippen LogP contribution in [0.25, 0.3) is 0 Å². The number of benzene rings is 3. The van der Waals surface area contributed by atoms with Gasteiger partial charge in [0.15, 0.2) is 0 Å². The number of rotatable bonds is 5. The summed E-state index contributed by atoms with van der Waals surface area (Å²) in [5.74, 6) is -0.561. The van der Waals surface area contributed by atoms with Crippen LogP contribution in [-0.2, 0) is 13.0 Å². The van der Waals surface area contributed by atoms with Crippen LogP contribution in [0.5, 0.6) is 0 Å². The van der Waals surface area contributed by atoms with Crippen molar-refractivity contribution in [3.05, 3.63) is 130 Å². The fourth-order valence-corrected chi connectivity index (χ4v) is 4.21. The highest BCUT2D eigenvalue weighted by Gasteiger charge is 2.25. The Morgan fingerprint density at radius 3 is 2.35 bits per heavy atom. The number of aromatic nitrogens is 1. The Hall–Kier alpha value is -4.45. The van der Waals surface area contributed by atoms with Gasteiger partial charge in [0.2, 0.25) is 0 Å². The van der Waals surface area contributed by atoms with E-state index in [0.717, 1.165) is 17.7 Å². The first-order valence-electron chi connectivity index (χ1n) is 11.1. The van der Waals surface area contributed by atoms with E-state index in [9.17, 15) is 14.4 Å². The first kappa shape index (κ1) is 21.4. The molecule has 0 unspecified atom stereocenters. The van der Waals surface area contributed by atoms with Gasteiger partial charge in [-0.25, -0.2) is 0 Å². The summed E-state index contributed by atoms with van der Waals surface area (Å²) in [5.41, 5.74) is 3.85. The minimum atomic E-state index is -0.486. The van der Waals surface area contributed by atoms with Crippen molar-refractivity contribution in [3.8, 4) is 0 Å². The van der Waals surface area contributed by atoms with Gasteiger partial charge in [-0.2, -0.15) is 0 Å². The SMILES string of the molecule is O=C(Nc1ccc(C(=O)N2CCc3ccccc32)cc1)c1cccn(Cc2ccccc2)c1=O. The van der Waals surface area contributed by atoms with Gasteiger partial charge in [-0.15, -0.1) is 0 Å². The van der Waals surface area contributed by atoms with E-state index in [1.807, 2.05) is 54.6 Å². The molecule has 5 rings (SSSR count). The normalized spacial score (nSPS) is 12.3. The summed E-state index contributed by atoms with van der Waals surface area (Å²) < 4.78 is 1.51. The molecule has 168 valence electrons. The number of carbonyl (C=O) groups excluding carboxylic acids is 2. The maximum atomic E-state index is 13.0. The molecular weight excluding hydrogens is 426 g/mol. The molecule has 0 bridgehead atoms. The van der Waals surface area contributed by atoms with Gasteiger partial charge in [-0.1, -0.05) is 48.5 Å². The van der Waals surface area contributed by atoms with E-state index in [1.54, 1.807) is 41.4 Å². The Labute approximate surface area is 197 Å². The molecule has 0 fully saturated rings. The number of hydrogen-bond donors (Lipinski definition) is 1. The first-order chi connectivity index (χ1) is 16.6. The topological polar surface area (TPSA) is 71.4 Å². The minimum Gasteiger partial charge on any atom is -0.322 e. The number of hydrogen-bond acceptors (Lipinski definition) is 3. The smallest absolute Gasteiger partial charge is 0.263 e. The summed E-state index contributed by atoms with van der Waals surface area (Å²) in [6.07, 6.45) is 2.51. The van der Waals surface area contributed by atoms with E-state index < -0.39 is 5.91 Å². The molecule has 2 amide bonds. The number of amides is 2. The summed E-state index contributed by atoms with van der Waals surface area (Å²) >= 11 is 0. The van der Waals surface area contributed by atoms with Crippen molar-refractivity contribution in [1.82, 2.24) is 4.57 Å². The second-order valence-electron chi connectivity index (χ2n) is 8.21. The highest BCUT2D eigenvalue weighted by atomic mass is 16.2. The molecule has 34 heavy (non-hydrogen) atoms. The monoisotopic (exact) mass is 449 g/mol. The number of nitrogens with zero attached hydrogens (tertiary/aromatic N) is 2. The van der Waals surface area contributed by atoms with E-state index in [4.69, 9.17) is 0 Å². The van der Waals surface area contributed by atoms with Crippen molar-refractivity contribution in [2.24, 2.45) is 0 Å². The summed E-state index contributed by atoms with van der Waals surface area (Å²) in [7, 11) is 0. The maximum Gasteiger partial charge on any atom is 0.263 e. The number of nitrogens with one attached hydrogen (secondary N) is 1. The minimum absolute atomic E-state index is 0.0623. The van der Waals surface area contributed by atoms with Crippen LogP contribution in [0.2, 0.25) is 0 Å². The number of fused-ring (bicyclic) bond motifs is 1. The average molecular weight is 450 g/mol. The van der Waals surface area contributed by atoms with Gasteiger partial charge in [0.05, 0.1) is 6.54 Å². The summed E-state index contributed by atoms with van der Waals surface area (Å²) in [6, 6.07) is 27.5. The zero-order chi connectivity index (χ0) is 23.5. The Morgan fingerprint density at radius 1 is 0.824 bits per heavy atom. The van der Waals surface area contributed by atoms with Crippen molar-refractivity contribution in [2.45, 2.75) is 13.0 Å². The molecule has 2 heterocycles. The molecule has 0 atom stereocenters. The van der Waals surface area contributed by atoms with Crippen LogP contribution in [0.4, 0.5) is 11.4 Å². The molecule has 3 aromatic carbocycles. The second-order valence-corrected chi connectivity index (χ2v) is 8.21. The molecule has 0 spiro atoms. The van der Waals surface area contributed by atoms with Crippen molar-refractivity contribution >= 4 is 23.2 Å². The molecule has 0 radical (unpaired) electrons. The standard InChI is InChI=1S/C28H23N3O3/c32-26(24-10-6-17-30(28(24)34)19-20-7-2-1-3-8-20)29-23-14-12-22(13-15-23)27(33)31-18-16-21-9-4-5-11-25(21)31/h1-15,17H,16,18-19H2,(H,29,32). The average Bonchev–Trinajstić information content (AvgIpc) is 3.30. The number of para-hydroxylation sites is 1. The Bertz CT molecular complexity index is 1410. The molecule has 6 heteroatoms. The van der Waals surface area contributed by atoms with E-state index in [0.29, 0.717) is 24.3 Å². The van der Waals surface area contributed by atoms with E-state index in [2.05, 4.69) is 5.32 Å². The molecule has 0 aliphatic carbocycles. The first-order valence-corrected chi connectivity index (χ1v) is 11.1. The highest BCUT2D eigenvalue weighted by Crippen LogP contribution is 2.29. The van der Waals surface area contributed by atoms with Gasteiger partial charge in [0.1, 0.15) is 5.56 Å². The van der Waals surface area contributed by atoms with Gasteiger partial charge in [0.25, 0.3) is 17.4 Å². The van der Waals surface area contributed by atoms with Gasteiger partial charge in [-0.05, 0) is 60.0 Å². The van der Waals surface area contributed by atoms with Gasteiger partial charge in [0, 0.05) is 29.7 Å². The summed E-state index contributed by atoms with van der Waals surface area (Å²) in [4.78, 5) is 40.4. The largest absolute Gasteiger partial charge is 0.322 e. The van der Waals surface area contributed by atoms with Gasteiger partial charge < -0.3 is 14.8 Å². The molecule has 0 saturated heterocycles. The van der Waals surface area contributed by atoms with Gasteiger partial charge >= 0.3 is 0 Å². The fraction of sp³-hybridized carbons (Fsp3) is 0.107. The quantitative estimate of drug-likeness (QED) is 0.492. The third-order valence-electron chi connectivity index (χ3n) is 5.98. The number of carbonyl (C=O) groups is 2. The Morgan fingerprint density at radius 2 is 1.56 bits per heavy atom. The van der Waals surface area contributed by atoms with Crippen molar-refractivity contribution < 1.29 is 9.59 Å². The summed E-state index contributed by atoms with van der Waals surface area (Å²) in [6.45, 7) is 1.04. The van der Waals surface area contributed by atoms with E-state index in [1.165, 1.54) is 16.2 Å². The van der Waals surface area contributed by atoms with Crippen LogP contribution < -0.4 is 15.8 Å². The van der Waals surface area contributed by atoms with Crippen molar-refractivity contribution in [2.75, 3.05) is 16.8 Å². The van der Waals surface area contributed by atoms with Crippen LogP contribution >= 0.6 is 0 Å². The Balaban J connectivity index is 1.29.